The Labute approximate surface area is 377 Å². The van der Waals surface area contributed by atoms with Crippen LogP contribution in [-0.4, -0.2) is 19.6 Å². The number of aromatic nitrogens is 4. The molecule has 3 heterocycles. The summed E-state index contributed by atoms with van der Waals surface area (Å²) in [6, 6.07) is 85.7. The van der Waals surface area contributed by atoms with Crippen LogP contribution < -0.4 is 0 Å². The molecule has 0 spiro atoms. The van der Waals surface area contributed by atoms with Gasteiger partial charge in [-0.05, 0) is 44.8 Å². The molecular weight excluding hydrogens is 789 g/mol. The third-order valence-corrected chi connectivity index (χ3v) is 12.5. The zero-order valence-electron chi connectivity index (χ0n) is 35.4. The van der Waals surface area contributed by atoms with Crippen LogP contribution in [0.5, 0.6) is 0 Å². The van der Waals surface area contributed by atoms with Crippen molar-refractivity contribution in [3.05, 3.63) is 243 Å². The largest absolute Gasteiger partial charge is 0.231 e. The van der Waals surface area contributed by atoms with Gasteiger partial charge in [-0.3, -0.25) is 0 Å². The Balaban J connectivity index is 0.912. The summed E-state index contributed by atoms with van der Waals surface area (Å²) in [5.41, 5.74) is 18.4. The minimum absolute atomic E-state index is 0.718. The van der Waals surface area contributed by atoms with E-state index in [1.54, 1.807) is 0 Å². The van der Waals surface area contributed by atoms with Crippen molar-refractivity contribution in [2.24, 2.45) is 0 Å². The third-order valence-electron chi connectivity index (χ3n) is 12.5. The van der Waals surface area contributed by atoms with Gasteiger partial charge in [-0.1, -0.05) is 237 Å². The van der Waals surface area contributed by atoms with Gasteiger partial charge in [0, 0.05) is 44.2 Å². The lowest BCUT2D eigenvalue weighted by Gasteiger charge is -2.18. The smallest absolute Gasteiger partial charge is 0.160 e. The number of rotatable bonds is 8. The van der Waals surface area contributed by atoms with Gasteiger partial charge in [0.15, 0.2) is 5.82 Å². The fourth-order valence-electron chi connectivity index (χ4n) is 9.32. The molecule has 12 rings (SSSR count). The highest BCUT2D eigenvalue weighted by atomic mass is 15.2. The normalized spacial score (nSPS) is 11.4. The fraction of sp³-hybridized carbons (Fsp3) is 0. The van der Waals surface area contributed by atoms with Gasteiger partial charge in [-0.25, -0.2) is 14.5 Å². The first-order valence-corrected chi connectivity index (χ1v) is 22.0. The zero-order valence-corrected chi connectivity index (χ0v) is 35.4. The van der Waals surface area contributed by atoms with Gasteiger partial charge < -0.3 is 0 Å². The van der Waals surface area contributed by atoms with E-state index < -0.39 is 0 Å². The minimum Gasteiger partial charge on any atom is -0.231 e. The summed E-state index contributed by atoms with van der Waals surface area (Å²) < 4.78 is 2.20. The van der Waals surface area contributed by atoms with Gasteiger partial charge in [0.25, 0.3) is 0 Å². The second-order valence-corrected chi connectivity index (χ2v) is 16.4. The summed E-state index contributed by atoms with van der Waals surface area (Å²) in [6.45, 7) is 0. The molecule has 3 aromatic heterocycles. The molecule has 0 fully saturated rings. The van der Waals surface area contributed by atoms with Gasteiger partial charge in [0.1, 0.15) is 5.69 Å². The average Bonchev–Trinajstić information content (AvgIpc) is 3.80. The number of para-hydroxylation sites is 1. The summed E-state index contributed by atoms with van der Waals surface area (Å²) in [4.78, 5) is 10.0. The molecule has 0 saturated carbocycles. The molecule has 0 aliphatic heterocycles. The van der Waals surface area contributed by atoms with Crippen LogP contribution in [-0.2, 0) is 0 Å². The number of fused-ring (bicyclic) bond motifs is 4. The Morgan fingerprint density at radius 1 is 0.262 bits per heavy atom. The molecule has 0 atom stereocenters. The monoisotopic (exact) mass is 828 g/mol. The summed E-state index contributed by atoms with van der Waals surface area (Å²) in [5.74, 6) is 0.718. The minimum atomic E-state index is 0.718. The molecule has 65 heavy (non-hydrogen) atoms. The Morgan fingerprint density at radius 2 is 0.662 bits per heavy atom. The lowest BCUT2D eigenvalue weighted by atomic mass is 9.90. The summed E-state index contributed by atoms with van der Waals surface area (Å²) in [7, 11) is 0. The average molecular weight is 829 g/mol. The van der Waals surface area contributed by atoms with Crippen LogP contribution in [0.25, 0.3) is 117 Å². The van der Waals surface area contributed by atoms with E-state index in [2.05, 4.69) is 229 Å². The maximum atomic E-state index is 5.53. The summed E-state index contributed by atoms with van der Waals surface area (Å²) >= 11 is 0. The molecule has 0 bridgehead atoms. The van der Waals surface area contributed by atoms with Crippen molar-refractivity contribution in [1.29, 1.82) is 0 Å². The topological polar surface area (TPSA) is 43.1 Å². The van der Waals surface area contributed by atoms with Crippen molar-refractivity contribution in [1.82, 2.24) is 19.6 Å². The van der Waals surface area contributed by atoms with Crippen LogP contribution in [0.4, 0.5) is 0 Å². The molecule has 4 nitrogen and oxygen atoms in total. The number of hydrogen-bond donors (Lipinski definition) is 0. The third kappa shape index (κ3) is 6.85. The SMILES string of the molecule is c1ccc(-c2nn3c(-c4ccccc4)c(-c4ccc(-c5ccc(-c6ccc(-c7nc(-c8ccccc8)c8ccccc8n7)cc6)cc5)cc4)c4ccccc4c3c2-c2ccccc2)cc1. The molecule has 0 N–H and O–H groups in total. The van der Waals surface area contributed by atoms with Crippen molar-refractivity contribution in [2.45, 2.75) is 0 Å². The van der Waals surface area contributed by atoms with Crippen LogP contribution in [0.3, 0.4) is 0 Å². The van der Waals surface area contributed by atoms with Crippen LogP contribution in [0.2, 0.25) is 0 Å². The van der Waals surface area contributed by atoms with Crippen molar-refractivity contribution in [3.8, 4) is 89.7 Å². The Bertz CT molecular complexity index is 3640. The first-order chi connectivity index (χ1) is 32.2. The molecule has 0 aliphatic rings. The van der Waals surface area contributed by atoms with Crippen LogP contribution in [0.1, 0.15) is 0 Å². The van der Waals surface area contributed by atoms with Gasteiger partial charge in [-0.15, -0.1) is 0 Å². The van der Waals surface area contributed by atoms with E-state index in [9.17, 15) is 0 Å². The second-order valence-electron chi connectivity index (χ2n) is 16.4. The highest BCUT2D eigenvalue weighted by molar-refractivity contribution is 6.15. The summed E-state index contributed by atoms with van der Waals surface area (Å²) in [5, 5.41) is 8.91. The van der Waals surface area contributed by atoms with E-state index >= 15 is 0 Å². The highest BCUT2D eigenvalue weighted by Crippen LogP contribution is 2.46. The lowest BCUT2D eigenvalue weighted by molar-refractivity contribution is 0.981. The Hall–Kier alpha value is -8.73. The quantitative estimate of drug-likeness (QED) is 0.153. The molecule has 0 radical (unpaired) electrons. The molecule has 9 aromatic carbocycles. The maximum Gasteiger partial charge on any atom is 0.160 e. The van der Waals surface area contributed by atoms with E-state index in [1.807, 2.05) is 18.2 Å². The number of benzene rings is 9. The molecule has 12 aromatic rings. The van der Waals surface area contributed by atoms with E-state index in [1.165, 1.54) is 5.39 Å². The maximum absolute atomic E-state index is 5.53. The molecular formula is C61H40N4. The standard InChI is InChI=1S/C61H40N4/c1-5-17-45(18-6-1)56-58(48-21-9-3-10-22-48)64-65-59(49-23-11-4-12-24-49)55(51-25-13-14-26-52(51)60(56)65)46-37-33-43(34-38-46)41-29-31-42(32-30-41)44-35-39-50(40-36-44)61-62-54-28-16-15-27-53(54)57(63-61)47-19-7-2-8-20-47/h1-40H. The van der Waals surface area contributed by atoms with E-state index in [-0.39, 0.29) is 0 Å². The van der Waals surface area contributed by atoms with Gasteiger partial charge >= 0.3 is 0 Å². The molecule has 4 heteroatoms. The van der Waals surface area contributed by atoms with Gasteiger partial charge in [0.2, 0.25) is 0 Å². The van der Waals surface area contributed by atoms with Crippen molar-refractivity contribution >= 4 is 27.2 Å². The lowest BCUT2D eigenvalue weighted by Crippen LogP contribution is -2.00. The second kappa shape index (κ2) is 16.2. The van der Waals surface area contributed by atoms with Crippen LogP contribution >= 0.6 is 0 Å². The number of pyridine rings is 1. The van der Waals surface area contributed by atoms with Gasteiger partial charge in [0.05, 0.1) is 22.4 Å². The van der Waals surface area contributed by atoms with E-state index in [4.69, 9.17) is 15.1 Å². The molecule has 0 amide bonds. The number of nitrogens with zero attached hydrogens (tertiary/aromatic N) is 4. The van der Waals surface area contributed by atoms with Crippen LogP contribution in [0.15, 0.2) is 243 Å². The van der Waals surface area contributed by atoms with Crippen molar-refractivity contribution in [2.75, 3.05) is 0 Å². The first-order valence-electron chi connectivity index (χ1n) is 22.0. The molecule has 0 unspecified atom stereocenters. The predicted octanol–water partition coefficient (Wildman–Crippen LogP) is 15.8. The predicted molar refractivity (Wildman–Crippen MR) is 269 cm³/mol. The van der Waals surface area contributed by atoms with Crippen molar-refractivity contribution in [3.63, 3.8) is 0 Å². The van der Waals surface area contributed by atoms with E-state index in [0.717, 1.165) is 111 Å². The van der Waals surface area contributed by atoms with Crippen molar-refractivity contribution < 1.29 is 0 Å². The molecule has 0 aliphatic carbocycles. The molecule has 304 valence electrons. The molecule has 0 saturated heterocycles. The van der Waals surface area contributed by atoms with Gasteiger partial charge in [-0.2, -0.15) is 5.10 Å². The summed E-state index contributed by atoms with van der Waals surface area (Å²) in [6.07, 6.45) is 0. The van der Waals surface area contributed by atoms with Crippen LogP contribution in [0, 0.1) is 0 Å². The Kier molecular flexibility index (Phi) is 9.46. The highest BCUT2D eigenvalue weighted by Gasteiger charge is 2.25. The van der Waals surface area contributed by atoms with E-state index in [0.29, 0.717) is 0 Å². The number of hydrogen-bond acceptors (Lipinski definition) is 3. The first kappa shape index (κ1) is 38.0. The Morgan fingerprint density at radius 3 is 1.22 bits per heavy atom. The fourth-order valence-corrected chi connectivity index (χ4v) is 9.32. The zero-order chi connectivity index (χ0) is 43.1.